The van der Waals surface area contributed by atoms with E-state index in [1.54, 1.807) is 13.8 Å². The van der Waals surface area contributed by atoms with Crippen molar-refractivity contribution in [2.24, 2.45) is 0 Å². The Kier molecular flexibility index (Phi) is 6.92. The highest BCUT2D eigenvalue weighted by Crippen LogP contribution is 2.25. The van der Waals surface area contributed by atoms with E-state index in [4.69, 9.17) is 11.6 Å². The Labute approximate surface area is 182 Å². The molecular formula is C23H23ClN2O3S. The molecule has 0 aromatic heterocycles. The average Bonchev–Trinajstić information content (AvgIpc) is 2.72. The summed E-state index contributed by atoms with van der Waals surface area (Å²) in [5.41, 5.74) is 1.90. The van der Waals surface area contributed by atoms with Crippen LogP contribution in [0, 0.1) is 0 Å². The van der Waals surface area contributed by atoms with E-state index in [1.165, 1.54) is 18.2 Å². The largest absolute Gasteiger partial charge is 0.341 e. The lowest BCUT2D eigenvalue weighted by molar-refractivity contribution is 0.0943. The van der Waals surface area contributed by atoms with E-state index in [1.807, 2.05) is 60.7 Å². The summed E-state index contributed by atoms with van der Waals surface area (Å²) in [6.45, 7) is 3.46. The minimum Gasteiger partial charge on any atom is -0.341 e. The van der Waals surface area contributed by atoms with Crippen LogP contribution >= 0.6 is 11.6 Å². The Bertz CT molecular complexity index is 1080. The van der Waals surface area contributed by atoms with Gasteiger partial charge in [-0.15, -0.1) is 0 Å². The molecule has 0 unspecified atom stereocenters. The molecule has 7 heteroatoms. The van der Waals surface area contributed by atoms with Gasteiger partial charge in [0.05, 0.1) is 21.5 Å². The maximum atomic E-state index is 13.1. The number of nitrogens with one attached hydrogen (secondary N) is 2. The number of carbonyl (C=O) groups excluding carboxylic acids is 1. The smallest absolute Gasteiger partial charge is 0.253 e. The van der Waals surface area contributed by atoms with Gasteiger partial charge in [0.25, 0.3) is 5.91 Å². The molecule has 0 bridgehead atoms. The SMILES string of the molecule is CC(C)NS(=O)(=O)c1ccc(Cl)c(C(=O)NC(c2ccccc2)c2ccccc2)c1. The Balaban J connectivity index is 1.96. The Hall–Kier alpha value is -2.67. The lowest BCUT2D eigenvalue weighted by Gasteiger charge is -2.20. The molecule has 5 nitrogen and oxygen atoms in total. The van der Waals surface area contributed by atoms with E-state index >= 15 is 0 Å². The number of benzene rings is 3. The van der Waals surface area contributed by atoms with Crippen LogP contribution in [0.3, 0.4) is 0 Å². The minimum atomic E-state index is -3.75. The molecule has 0 aliphatic carbocycles. The third-order valence-corrected chi connectivity index (χ3v) is 6.41. The molecule has 0 saturated heterocycles. The zero-order chi connectivity index (χ0) is 21.7. The molecule has 0 radical (unpaired) electrons. The number of hydrogen-bond donors (Lipinski definition) is 2. The molecule has 30 heavy (non-hydrogen) atoms. The molecule has 2 N–H and O–H groups in total. The predicted octanol–water partition coefficient (Wildman–Crippen LogP) is 4.55. The molecule has 156 valence electrons. The minimum absolute atomic E-state index is 0.0123. The van der Waals surface area contributed by atoms with Crippen molar-refractivity contribution in [3.63, 3.8) is 0 Å². The summed E-state index contributed by atoms with van der Waals surface area (Å²) < 4.78 is 27.5. The second-order valence-corrected chi connectivity index (χ2v) is 9.27. The van der Waals surface area contributed by atoms with Crippen LogP contribution < -0.4 is 10.0 Å². The molecule has 0 spiro atoms. The number of hydrogen-bond acceptors (Lipinski definition) is 3. The van der Waals surface area contributed by atoms with Crippen molar-refractivity contribution in [1.29, 1.82) is 0 Å². The van der Waals surface area contributed by atoms with Gasteiger partial charge in [0, 0.05) is 6.04 Å². The second-order valence-electron chi connectivity index (χ2n) is 7.15. The van der Waals surface area contributed by atoms with Gasteiger partial charge in [0.15, 0.2) is 0 Å². The quantitative estimate of drug-likeness (QED) is 0.563. The summed E-state index contributed by atoms with van der Waals surface area (Å²) >= 11 is 6.25. The lowest BCUT2D eigenvalue weighted by Crippen LogP contribution is -2.31. The highest BCUT2D eigenvalue weighted by atomic mass is 35.5. The van der Waals surface area contributed by atoms with Crippen molar-refractivity contribution < 1.29 is 13.2 Å². The Morgan fingerprint density at radius 1 is 0.867 bits per heavy atom. The van der Waals surface area contributed by atoms with Gasteiger partial charge < -0.3 is 5.32 Å². The summed E-state index contributed by atoms with van der Waals surface area (Å²) in [6.07, 6.45) is 0. The van der Waals surface area contributed by atoms with Gasteiger partial charge in [0.1, 0.15) is 0 Å². The summed E-state index contributed by atoms with van der Waals surface area (Å²) in [7, 11) is -3.75. The first-order chi connectivity index (χ1) is 14.3. The lowest BCUT2D eigenvalue weighted by atomic mass is 9.98. The number of halogens is 1. The van der Waals surface area contributed by atoms with E-state index in [0.717, 1.165) is 11.1 Å². The molecule has 0 atom stereocenters. The van der Waals surface area contributed by atoms with Crippen molar-refractivity contribution in [3.05, 3.63) is 101 Å². The maximum absolute atomic E-state index is 13.1. The standard InChI is InChI=1S/C23H23ClN2O3S/c1-16(2)26-30(28,29)19-13-14-21(24)20(15-19)23(27)25-22(17-9-5-3-6-10-17)18-11-7-4-8-12-18/h3-16,22,26H,1-2H3,(H,25,27). The van der Waals surface area contributed by atoms with Crippen LogP contribution in [-0.4, -0.2) is 20.4 Å². The summed E-state index contributed by atoms with van der Waals surface area (Å²) in [4.78, 5) is 13.1. The fourth-order valence-corrected chi connectivity index (χ4v) is 4.56. The van der Waals surface area contributed by atoms with Crippen molar-refractivity contribution in [2.45, 2.75) is 30.8 Å². The van der Waals surface area contributed by atoms with Gasteiger partial charge in [-0.05, 0) is 43.2 Å². The van der Waals surface area contributed by atoms with E-state index in [0.29, 0.717) is 0 Å². The summed E-state index contributed by atoms with van der Waals surface area (Å²) in [5.74, 6) is -0.459. The predicted molar refractivity (Wildman–Crippen MR) is 119 cm³/mol. The number of carbonyl (C=O) groups is 1. The van der Waals surface area contributed by atoms with E-state index < -0.39 is 22.0 Å². The zero-order valence-electron chi connectivity index (χ0n) is 16.7. The number of amides is 1. The topological polar surface area (TPSA) is 75.3 Å². The molecule has 1 amide bonds. The first-order valence-corrected chi connectivity index (χ1v) is 11.4. The van der Waals surface area contributed by atoms with Crippen LogP contribution in [0.2, 0.25) is 5.02 Å². The van der Waals surface area contributed by atoms with Crippen molar-refractivity contribution in [3.8, 4) is 0 Å². The van der Waals surface area contributed by atoms with E-state index in [2.05, 4.69) is 10.0 Å². The van der Waals surface area contributed by atoms with Crippen molar-refractivity contribution >= 4 is 27.5 Å². The normalized spacial score (nSPS) is 11.6. The van der Waals surface area contributed by atoms with Crippen LogP contribution in [0.15, 0.2) is 83.8 Å². The van der Waals surface area contributed by atoms with Gasteiger partial charge >= 0.3 is 0 Å². The maximum Gasteiger partial charge on any atom is 0.253 e. The molecule has 3 aromatic carbocycles. The van der Waals surface area contributed by atoms with E-state index in [-0.39, 0.29) is 21.5 Å². The second kappa shape index (κ2) is 9.43. The van der Waals surface area contributed by atoms with Crippen molar-refractivity contribution in [2.75, 3.05) is 0 Å². The zero-order valence-corrected chi connectivity index (χ0v) is 18.2. The number of sulfonamides is 1. The van der Waals surface area contributed by atoms with Crippen LogP contribution in [-0.2, 0) is 10.0 Å². The molecule has 0 aliphatic rings. The number of rotatable bonds is 7. The Morgan fingerprint density at radius 2 is 1.40 bits per heavy atom. The average molecular weight is 443 g/mol. The Morgan fingerprint density at radius 3 is 1.90 bits per heavy atom. The third kappa shape index (κ3) is 5.27. The molecule has 0 saturated carbocycles. The molecule has 3 aromatic rings. The van der Waals surface area contributed by atoms with Gasteiger partial charge in [-0.1, -0.05) is 72.3 Å². The molecule has 0 fully saturated rings. The first-order valence-electron chi connectivity index (χ1n) is 9.50. The van der Waals surface area contributed by atoms with Gasteiger partial charge in [-0.3, -0.25) is 4.79 Å². The first kappa shape index (κ1) is 22.0. The molecule has 3 rings (SSSR count). The highest BCUT2D eigenvalue weighted by molar-refractivity contribution is 7.89. The summed E-state index contributed by atoms with van der Waals surface area (Å²) in [6, 6.07) is 22.5. The molecular weight excluding hydrogens is 420 g/mol. The van der Waals surface area contributed by atoms with Gasteiger partial charge in [-0.25, -0.2) is 13.1 Å². The fraction of sp³-hybridized carbons (Fsp3) is 0.174. The van der Waals surface area contributed by atoms with Crippen LogP contribution in [0.25, 0.3) is 0 Å². The van der Waals surface area contributed by atoms with Gasteiger partial charge in [0.2, 0.25) is 10.0 Å². The molecule has 0 aliphatic heterocycles. The van der Waals surface area contributed by atoms with Crippen LogP contribution in [0.4, 0.5) is 0 Å². The van der Waals surface area contributed by atoms with E-state index in [9.17, 15) is 13.2 Å². The monoisotopic (exact) mass is 442 g/mol. The third-order valence-electron chi connectivity index (χ3n) is 4.42. The van der Waals surface area contributed by atoms with Crippen LogP contribution in [0.1, 0.15) is 41.4 Å². The fourth-order valence-electron chi connectivity index (χ4n) is 3.08. The molecule has 0 heterocycles. The van der Waals surface area contributed by atoms with Crippen LogP contribution in [0.5, 0.6) is 0 Å². The highest BCUT2D eigenvalue weighted by Gasteiger charge is 2.22. The van der Waals surface area contributed by atoms with Gasteiger partial charge in [-0.2, -0.15) is 0 Å². The summed E-state index contributed by atoms with van der Waals surface area (Å²) in [5, 5.41) is 3.16. The van der Waals surface area contributed by atoms with Crippen molar-refractivity contribution in [1.82, 2.24) is 10.0 Å².